The third kappa shape index (κ3) is 5.63. The highest BCUT2D eigenvalue weighted by molar-refractivity contribution is 5.87. The van der Waals surface area contributed by atoms with Gasteiger partial charge < -0.3 is 15.2 Å². The van der Waals surface area contributed by atoms with E-state index in [1.165, 1.54) is 12.1 Å². The zero-order valence-electron chi connectivity index (χ0n) is 10.7. The number of carboxylic acids is 1. The average molecular weight is 267 g/mol. The van der Waals surface area contributed by atoms with Crippen LogP contribution in [0.2, 0.25) is 0 Å². The van der Waals surface area contributed by atoms with Gasteiger partial charge in [-0.05, 0) is 24.1 Å². The predicted molar refractivity (Wildman–Crippen MR) is 70.7 cm³/mol. The molecule has 0 aromatic heterocycles. The highest BCUT2D eigenvalue weighted by atomic mass is 19.1. The number of ether oxygens (including phenoxy) is 1. The second-order valence-electron chi connectivity index (χ2n) is 3.99. The van der Waals surface area contributed by atoms with Gasteiger partial charge in [0, 0.05) is 13.1 Å². The van der Waals surface area contributed by atoms with E-state index in [-0.39, 0.29) is 5.56 Å². The van der Waals surface area contributed by atoms with E-state index < -0.39 is 11.8 Å². The standard InChI is InChI=1S/C14H18FNO3/c1-2-3-7-19-8-6-16-10-11-4-5-12(14(17)18)13(15)9-11/h2,4-5,9,16H,1,3,6-8,10H2,(H,17,18). The molecule has 1 aromatic carbocycles. The molecule has 0 amide bonds. The molecule has 104 valence electrons. The molecule has 0 spiro atoms. The summed E-state index contributed by atoms with van der Waals surface area (Å²) in [7, 11) is 0. The number of nitrogens with one attached hydrogen (secondary N) is 1. The maximum absolute atomic E-state index is 13.4. The summed E-state index contributed by atoms with van der Waals surface area (Å²) in [5.74, 6) is -1.97. The Morgan fingerprint density at radius 2 is 2.26 bits per heavy atom. The van der Waals surface area contributed by atoms with E-state index in [0.717, 1.165) is 6.42 Å². The lowest BCUT2D eigenvalue weighted by Gasteiger charge is -2.06. The van der Waals surface area contributed by atoms with Gasteiger partial charge in [0.05, 0.1) is 18.8 Å². The molecule has 4 nitrogen and oxygen atoms in total. The lowest BCUT2D eigenvalue weighted by Crippen LogP contribution is -2.19. The zero-order valence-corrected chi connectivity index (χ0v) is 10.7. The summed E-state index contributed by atoms with van der Waals surface area (Å²) in [6, 6.07) is 4.10. The lowest BCUT2D eigenvalue weighted by atomic mass is 10.1. The molecule has 1 rings (SSSR count). The Labute approximate surface area is 111 Å². The molecular weight excluding hydrogens is 249 g/mol. The first-order valence-corrected chi connectivity index (χ1v) is 6.06. The van der Waals surface area contributed by atoms with Crippen molar-refractivity contribution in [3.63, 3.8) is 0 Å². The van der Waals surface area contributed by atoms with Crippen molar-refractivity contribution in [2.45, 2.75) is 13.0 Å². The Hall–Kier alpha value is -1.72. The van der Waals surface area contributed by atoms with Crippen molar-refractivity contribution in [3.8, 4) is 0 Å². The summed E-state index contributed by atoms with van der Waals surface area (Å²) in [6.45, 7) is 5.93. The van der Waals surface area contributed by atoms with Gasteiger partial charge in [-0.1, -0.05) is 12.1 Å². The first-order chi connectivity index (χ1) is 9.15. The molecule has 0 bridgehead atoms. The summed E-state index contributed by atoms with van der Waals surface area (Å²) in [6.07, 6.45) is 2.61. The van der Waals surface area contributed by atoms with Gasteiger partial charge in [-0.25, -0.2) is 9.18 Å². The minimum Gasteiger partial charge on any atom is -0.478 e. The molecule has 0 fully saturated rings. The van der Waals surface area contributed by atoms with Gasteiger partial charge in [0.25, 0.3) is 0 Å². The Balaban J connectivity index is 2.28. The van der Waals surface area contributed by atoms with Gasteiger partial charge in [0.1, 0.15) is 5.82 Å². The van der Waals surface area contributed by atoms with Crippen LogP contribution in [0.25, 0.3) is 0 Å². The topological polar surface area (TPSA) is 58.6 Å². The molecule has 0 saturated carbocycles. The summed E-state index contributed by atoms with van der Waals surface area (Å²) in [4.78, 5) is 10.6. The molecule has 2 N–H and O–H groups in total. The van der Waals surface area contributed by atoms with Crippen LogP contribution in [0.5, 0.6) is 0 Å². The van der Waals surface area contributed by atoms with Gasteiger partial charge >= 0.3 is 5.97 Å². The molecule has 5 heteroatoms. The van der Waals surface area contributed by atoms with Crippen LogP contribution in [0.3, 0.4) is 0 Å². The number of hydrogen-bond donors (Lipinski definition) is 2. The van der Waals surface area contributed by atoms with Gasteiger partial charge in [-0.15, -0.1) is 6.58 Å². The second-order valence-corrected chi connectivity index (χ2v) is 3.99. The first kappa shape index (κ1) is 15.3. The fourth-order valence-corrected chi connectivity index (χ4v) is 1.49. The molecular formula is C14H18FNO3. The number of carboxylic acid groups (broad SMARTS) is 1. The van der Waals surface area contributed by atoms with E-state index >= 15 is 0 Å². The minimum absolute atomic E-state index is 0.309. The quantitative estimate of drug-likeness (QED) is 0.532. The first-order valence-electron chi connectivity index (χ1n) is 6.06. The van der Waals surface area contributed by atoms with E-state index in [1.54, 1.807) is 12.1 Å². The molecule has 0 heterocycles. The van der Waals surface area contributed by atoms with Crippen LogP contribution in [0.15, 0.2) is 30.9 Å². The van der Waals surface area contributed by atoms with Gasteiger partial charge in [0.15, 0.2) is 0 Å². The van der Waals surface area contributed by atoms with Crippen molar-refractivity contribution in [1.29, 1.82) is 0 Å². The van der Waals surface area contributed by atoms with Crippen molar-refractivity contribution >= 4 is 5.97 Å². The van der Waals surface area contributed by atoms with E-state index in [4.69, 9.17) is 9.84 Å². The van der Waals surface area contributed by atoms with Crippen LogP contribution in [0.4, 0.5) is 4.39 Å². The Bertz CT molecular complexity index is 435. The second kappa shape index (κ2) is 8.39. The van der Waals surface area contributed by atoms with Gasteiger partial charge in [0.2, 0.25) is 0 Å². The number of hydrogen-bond acceptors (Lipinski definition) is 3. The highest BCUT2D eigenvalue weighted by Crippen LogP contribution is 2.10. The number of benzene rings is 1. The van der Waals surface area contributed by atoms with Crippen molar-refractivity contribution < 1.29 is 19.0 Å². The van der Waals surface area contributed by atoms with E-state index in [9.17, 15) is 9.18 Å². The van der Waals surface area contributed by atoms with Crippen LogP contribution < -0.4 is 5.32 Å². The molecule has 0 radical (unpaired) electrons. The third-order valence-electron chi connectivity index (χ3n) is 2.48. The Morgan fingerprint density at radius 1 is 1.47 bits per heavy atom. The predicted octanol–water partition coefficient (Wildman–Crippen LogP) is 2.21. The van der Waals surface area contributed by atoms with Crippen molar-refractivity contribution in [3.05, 3.63) is 47.8 Å². The van der Waals surface area contributed by atoms with E-state index in [0.29, 0.717) is 31.9 Å². The Kier molecular flexibility index (Phi) is 6.78. The normalized spacial score (nSPS) is 10.4. The van der Waals surface area contributed by atoms with Crippen LogP contribution in [-0.4, -0.2) is 30.8 Å². The van der Waals surface area contributed by atoms with Crippen molar-refractivity contribution in [1.82, 2.24) is 5.32 Å². The molecule has 0 aliphatic carbocycles. The molecule has 0 unspecified atom stereocenters. The number of aromatic carboxylic acids is 1. The molecule has 0 aliphatic rings. The maximum Gasteiger partial charge on any atom is 0.338 e. The average Bonchev–Trinajstić information content (AvgIpc) is 2.37. The number of carbonyl (C=O) groups is 1. The monoisotopic (exact) mass is 267 g/mol. The molecule has 0 saturated heterocycles. The number of halogens is 1. The smallest absolute Gasteiger partial charge is 0.338 e. The molecule has 0 aliphatic heterocycles. The fourth-order valence-electron chi connectivity index (χ4n) is 1.49. The van der Waals surface area contributed by atoms with E-state index in [2.05, 4.69) is 11.9 Å². The molecule has 1 aromatic rings. The largest absolute Gasteiger partial charge is 0.478 e. The van der Waals surface area contributed by atoms with Crippen molar-refractivity contribution in [2.24, 2.45) is 0 Å². The van der Waals surface area contributed by atoms with Gasteiger partial charge in [-0.2, -0.15) is 0 Å². The molecule has 0 atom stereocenters. The number of rotatable bonds is 9. The Morgan fingerprint density at radius 3 is 2.89 bits per heavy atom. The van der Waals surface area contributed by atoms with Gasteiger partial charge in [-0.3, -0.25) is 0 Å². The van der Waals surface area contributed by atoms with Crippen LogP contribution >= 0.6 is 0 Å². The lowest BCUT2D eigenvalue weighted by molar-refractivity contribution is 0.0692. The van der Waals surface area contributed by atoms with Crippen LogP contribution in [0, 0.1) is 5.82 Å². The van der Waals surface area contributed by atoms with E-state index in [1.807, 2.05) is 0 Å². The highest BCUT2D eigenvalue weighted by Gasteiger charge is 2.09. The van der Waals surface area contributed by atoms with Crippen LogP contribution in [0.1, 0.15) is 22.3 Å². The summed E-state index contributed by atoms with van der Waals surface area (Å²) in [5.41, 5.74) is 0.394. The summed E-state index contributed by atoms with van der Waals surface area (Å²) >= 11 is 0. The molecule has 19 heavy (non-hydrogen) atoms. The summed E-state index contributed by atoms with van der Waals surface area (Å²) < 4.78 is 18.7. The fraction of sp³-hybridized carbons (Fsp3) is 0.357. The minimum atomic E-state index is -1.26. The SMILES string of the molecule is C=CCCOCCNCc1ccc(C(=O)O)c(F)c1. The summed E-state index contributed by atoms with van der Waals surface area (Å²) in [5, 5.41) is 11.8. The van der Waals surface area contributed by atoms with Crippen LogP contribution in [-0.2, 0) is 11.3 Å². The van der Waals surface area contributed by atoms with Crippen molar-refractivity contribution in [2.75, 3.05) is 19.8 Å². The maximum atomic E-state index is 13.4. The zero-order chi connectivity index (χ0) is 14.1. The third-order valence-corrected chi connectivity index (χ3v) is 2.48.